The van der Waals surface area contributed by atoms with Gasteiger partial charge in [0.15, 0.2) is 0 Å². The Bertz CT molecular complexity index is 1360. The monoisotopic (exact) mass is 651 g/mol. The van der Waals surface area contributed by atoms with Gasteiger partial charge in [-0.05, 0) is 62.7 Å². The molecule has 0 saturated heterocycles. The molecule has 246 valence electrons. The quantitative estimate of drug-likeness (QED) is 0.0924. The number of carbonyl (C=O) groups excluding carboxylic acids is 1. The van der Waals surface area contributed by atoms with E-state index in [0.29, 0.717) is 37.9 Å². The first-order valence-corrected chi connectivity index (χ1v) is 15.4. The Balaban J connectivity index is 1.45. The predicted molar refractivity (Wildman–Crippen MR) is 170 cm³/mol. The fraction of sp³-hybridized carbons (Fsp3) is 0.452. The highest BCUT2D eigenvalue weighted by Crippen LogP contribution is 2.34. The predicted octanol–water partition coefficient (Wildman–Crippen LogP) is 6.71. The van der Waals surface area contributed by atoms with E-state index in [1.165, 1.54) is 11.9 Å². The van der Waals surface area contributed by atoms with Gasteiger partial charge in [-0.15, -0.1) is 0 Å². The number of nitrogens with zero attached hydrogens (tertiary/aromatic N) is 3. The van der Waals surface area contributed by atoms with Crippen LogP contribution in [-0.4, -0.2) is 67.9 Å². The van der Waals surface area contributed by atoms with Crippen molar-refractivity contribution in [3.63, 3.8) is 0 Å². The van der Waals surface area contributed by atoms with Crippen molar-refractivity contribution in [3.05, 3.63) is 65.9 Å². The van der Waals surface area contributed by atoms with E-state index in [-0.39, 0.29) is 37.3 Å². The minimum Gasteiger partial charge on any atom is -0.491 e. The van der Waals surface area contributed by atoms with Crippen molar-refractivity contribution in [3.8, 4) is 5.75 Å². The van der Waals surface area contributed by atoms with Crippen LogP contribution in [0.25, 0.3) is 0 Å². The van der Waals surface area contributed by atoms with Gasteiger partial charge in [-0.1, -0.05) is 24.1 Å². The first kappa shape index (κ1) is 35.7. The number of hydrogen-bond acceptors (Lipinski definition) is 11. The Morgan fingerprint density at radius 1 is 0.978 bits per heavy atom. The summed E-state index contributed by atoms with van der Waals surface area (Å²) in [5.41, 5.74) is 0.836. The highest BCUT2D eigenvalue weighted by atomic mass is 32.2. The molecule has 2 aromatic carbocycles. The maximum absolute atomic E-state index is 13.7. The van der Waals surface area contributed by atoms with Crippen LogP contribution in [0.5, 0.6) is 5.75 Å². The van der Waals surface area contributed by atoms with Crippen molar-refractivity contribution >= 4 is 41.1 Å². The summed E-state index contributed by atoms with van der Waals surface area (Å²) in [6, 6.07) is 14.3. The molecule has 14 heteroatoms. The van der Waals surface area contributed by atoms with E-state index < -0.39 is 17.3 Å². The molecule has 0 aliphatic rings. The lowest BCUT2D eigenvalue weighted by atomic mass is 10.2. The van der Waals surface area contributed by atoms with Gasteiger partial charge in [-0.2, -0.15) is 18.2 Å². The lowest BCUT2D eigenvalue weighted by Gasteiger charge is -2.19. The fourth-order valence-electron chi connectivity index (χ4n) is 3.79. The van der Waals surface area contributed by atoms with Crippen molar-refractivity contribution < 1.29 is 36.9 Å². The molecule has 1 aromatic heterocycles. The minimum absolute atomic E-state index is 0.0109. The Labute approximate surface area is 266 Å². The molecule has 10 nitrogen and oxygen atoms in total. The van der Waals surface area contributed by atoms with Gasteiger partial charge in [0.1, 0.15) is 29.3 Å². The van der Waals surface area contributed by atoms with Crippen LogP contribution in [0, 0.1) is 0 Å². The number of nitrogens with one attached hydrogen (secondary N) is 2. The van der Waals surface area contributed by atoms with Crippen LogP contribution in [0.3, 0.4) is 0 Å². The van der Waals surface area contributed by atoms with E-state index in [2.05, 4.69) is 20.6 Å². The Morgan fingerprint density at radius 2 is 1.67 bits per heavy atom. The van der Waals surface area contributed by atoms with Crippen LogP contribution in [0.1, 0.15) is 38.3 Å². The van der Waals surface area contributed by atoms with Crippen molar-refractivity contribution in [1.82, 2.24) is 9.97 Å². The molecule has 0 amide bonds. The summed E-state index contributed by atoms with van der Waals surface area (Å²) < 4.78 is 64.8. The van der Waals surface area contributed by atoms with Gasteiger partial charge >= 0.3 is 12.1 Å². The number of esters is 1. The molecular formula is C31H40F3N5O5S. The second-order valence-electron chi connectivity index (χ2n) is 10.7. The van der Waals surface area contributed by atoms with Crippen LogP contribution < -0.4 is 19.7 Å². The van der Waals surface area contributed by atoms with Crippen LogP contribution in [0.4, 0.5) is 36.3 Å². The number of anilines is 4. The van der Waals surface area contributed by atoms with Gasteiger partial charge in [0.25, 0.3) is 0 Å². The third-order valence-corrected chi connectivity index (χ3v) is 6.71. The average Bonchev–Trinajstić information content (AvgIpc) is 2.98. The van der Waals surface area contributed by atoms with Gasteiger partial charge in [0.05, 0.1) is 32.8 Å². The lowest BCUT2D eigenvalue weighted by molar-refractivity contribution is -0.156. The SMILES string of the molecule is CSN(C)c1cccc(CNc2nc(Nc3ccc(OCCOCCOCCC(=O)OC(C)(C)C)cc3)ncc2C(F)(F)F)c1. The number of carbonyl (C=O) groups is 1. The normalized spacial score (nSPS) is 11.6. The van der Waals surface area contributed by atoms with Gasteiger partial charge in [0.2, 0.25) is 5.95 Å². The van der Waals surface area contributed by atoms with Gasteiger partial charge < -0.3 is 33.9 Å². The molecule has 3 rings (SSSR count). The summed E-state index contributed by atoms with van der Waals surface area (Å²) in [7, 11) is 1.91. The first-order valence-electron chi connectivity index (χ1n) is 14.3. The Morgan fingerprint density at radius 3 is 2.33 bits per heavy atom. The summed E-state index contributed by atoms with van der Waals surface area (Å²) in [6.07, 6.45) is -1.75. The van der Waals surface area contributed by atoms with Gasteiger partial charge in [0, 0.05) is 37.4 Å². The summed E-state index contributed by atoms with van der Waals surface area (Å²) in [4.78, 5) is 19.6. The topological polar surface area (TPSA) is 107 Å². The van der Waals surface area contributed by atoms with Gasteiger partial charge in [-0.3, -0.25) is 4.79 Å². The number of benzene rings is 2. The molecule has 0 atom stereocenters. The number of ether oxygens (including phenoxy) is 4. The molecule has 0 fully saturated rings. The van der Waals surface area contributed by atoms with Crippen LogP contribution in [-0.2, 0) is 31.7 Å². The molecule has 0 saturated carbocycles. The van der Waals surface area contributed by atoms with Crippen molar-refractivity contribution in [1.29, 1.82) is 0 Å². The summed E-state index contributed by atoms with van der Waals surface area (Å²) >= 11 is 1.53. The number of hydrogen-bond donors (Lipinski definition) is 2. The van der Waals surface area contributed by atoms with Crippen LogP contribution in [0.2, 0.25) is 0 Å². The standard InChI is InChI=1S/C31H40F3N5O5S/c1-30(2,3)44-27(40)13-14-41-15-16-42-17-18-43-25-11-9-23(10-12-25)37-29-36-21-26(31(32,33)34)28(38-29)35-20-22-7-6-8-24(19-22)39(4)45-5/h6-12,19,21H,13-18,20H2,1-5H3,(H2,35,36,37,38). The summed E-state index contributed by atoms with van der Waals surface area (Å²) in [5, 5.41) is 5.76. The summed E-state index contributed by atoms with van der Waals surface area (Å²) in [6.45, 7) is 7.18. The molecule has 0 bridgehead atoms. The molecule has 0 aliphatic carbocycles. The van der Waals surface area contributed by atoms with Crippen LogP contribution >= 0.6 is 11.9 Å². The third-order valence-electron chi connectivity index (χ3n) is 5.95. The van der Waals surface area contributed by atoms with E-state index in [1.807, 2.05) is 62.6 Å². The molecule has 1 heterocycles. The van der Waals surface area contributed by atoms with E-state index in [9.17, 15) is 18.0 Å². The molecule has 0 spiro atoms. The van der Waals surface area contributed by atoms with Crippen LogP contribution in [0.15, 0.2) is 54.7 Å². The summed E-state index contributed by atoms with van der Waals surface area (Å²) in [5.74, 6) is -0.0317. The van der Waals surface area contributed by atoms with E-state index in [1.54, 1.807) is 24.3 Å². The third kappa shape index (κ3) is 13.0. The highest BCUT2D eigenvalue weighted by molar-refractivity contribution is 7.99. The fourth-order valence-corrected chi connectivity index (χ4v) is 4.11. The van der Waals surface area contributed by atoms with Crippen molar-refractivity contribution in [2.75, 3.05) is 61.3 Å². The maximum Gasteiger partial charge on any atom is 0.421 e. The second kappa shape index (κ2) is 17.1. The zero-order valence-electron chi connectivity index (χ0n) is 26.1. The average molecular weight is 652 g/mol. The maximum atomic E-state index is 13.7. The van der Waals surface area contributed by atoms with Crippen molar-refractivity contribution in [2.24, 2.45) is 0 Å². The minimum atomic E-state index is -4.63. The Hall–Kier alpha value is -3.75. The van der Waals surface area contributed by atoms with Crippen molar-refractivity contribution in [2.45, 2.75) is 45.5 Å². The second-order valence-corrected chi connectivity index (χ2v) is 11.6. The lowest BCUT2D eigenvalue weighted by Crippen LogP contribution is -2.24. The zero-order chi connectivity index (χ0) is 32.9. The molecular weight excluding hydrogens is 611 g/mol. The largest absolute Gasteiger partial charge is 0.491 e. The molecule has 0 aliphatic heterocycles. The Kier molecular flexibility index (Phi) is 13.6. The molecule has 0 unspecified atom stereocenters. The number of halogens is 3. The molecule has 45 heavy (non-hydrogen) atoms. The number of aromatic nitrogens is 2. The zero-order valence-corrected chi connectivity index (χ0v) is 26.9. The molecule has 2 N–H and O–H groups in total. The highest BCUT2D eigenvalue weighted by Gasteiger charge is 2.35. The smallest absolute Gasteiger partial charge is 0.421 e. The van der Waals surface area contributed by atoms with E-state index in [4.69, 9.17) is 18.9 Å². The molecule has 3 aromatic rings. The van der Waals surface area contributed by atoms with Gasteiger partial charge in [-0.25, -0.2) is 4.98 Å². The first-order chi connectivity index (χ1) is 21.3. The van der Waals surface area contributed by atoms with E-state index >= 15 is 0 Å². The number of rotatable bonds is 17. The number of alkyl halides is 3. The molecule has 0 radical (unpaired) electrons. The van der Waals surface area contributed by atoms with E-state index in [0.717, 1.165) is 17.4 Å².